The summed E-state index contributed by atoms with van der Waals surface area (Å²) in [6, 6.07) is 14.2. The molecule has 5 aromatic rings. The van der Waals surface area contributed by atoms with E-state index in [1.54, 1.807) is 22.7 Å². The summed E-state index contributed by atoms with van der Waals surface area (Å²) in [6.07, 6.45) is 2.85. The summed E-state index contributed by atoms with van der Waals surface area (Å²) in [5, 5.41) is 8.37. The van der Waals surface area contributed by atoms with Crippen LogP contribution in [0.2, 0.25) is 0 Å². The summed E-state index contributed by atoms with van der Waals surface area (Å²) in [6.45, 7) is 0. The van der Waals surface area contributed by atoms with Gasteiger partial charge >= 0.3 is 0 Å². The van der Waals surface area contributed by atoms with Gasteiger partial charge in [-0.05, 0) is 18.2 Å². The van der Waals surface area contributed by atoms with Crippen LogP contribution in [0.15, 0.2) is 71.6 Å². The van der Waals surface area contributed by atoms with Crippen LogP contribution in [0.4, 0.5) is 13.2 Å². The Labute approximate surface area is 162 Å². The fourth-order valence-corrected chi connectivity index (χ4v) is 3.16. The van der Waals surface area contributed by atoms with Crippen LogP contribution in [0.3, 0.4) is 0 Å². The van der Waals surface area contributed by atoms with Gasteiger partial charge in [-0.3, -0.25) is 4.40 Å². The lowest BCUT2D eigenvalue weighted by Crippen LogP contribution is -1.94. The standard InChI is InChI=1S/C21H11F3N4O/c22-15-9-17(24)16(23)8-14(15)19-20(29-11-25-19)13-6-7-18-26-27-21(28(18)10-13)12-4-2-1-3-5-12/h1-11H. The van der Waals surface area contributed by atoms with Crippen molar-refractivity contribution in [3.8, 4) is 34.0 Å². The van der Waals surface area contributed by atoms with Gasteiger partial charge in [0.25, 0.3) is 0 Å². The van der Waals surface area contributed by atoms with Crippen molar-refractivity contribution in [3.63, 3.8) is 0 Å². The average molecular weight is 392 g/mol. The summed E-state index contributed by atoms with van der Waals surface area (Å²) in [5.74, 6) is -2.55. The minimum absolute atomic E-state index is 0.0649. The van der Waals surface area contributed by atoms with Crippen molar-refractivity contribution in [3.05, 3.63) is 84.6 Å². The van der Waals surface area contributed by atoms with Gasteiger partial charge in [0.2, 0.25) is 0 Å². The van der Waals surface area contributed by atoms with Crippen LogP contribution in [-0.2, 0) is 0 Å². The molecular weight excluding hydrogens is 381 g/mol. The Balaban J connectivity index is 1.67. The van der Waals surface area contributed by atoms with Crippen LogP contribution < -0.4 is 0 Å². The van der Waals surface area contributed by atoms with Gasteiger partial charge in [-0.25, -0.2) is 18.2 Å². The number of oxazole rings is 1. The van der Waals surface area contributed by atoms with E-state index in [4.69, 9.17) is 4.42 Å². The lowest BCUT2D eigenvalue weighted by atomic mass is 10.1. The molecule has 0 fully saturated rings. The zero-order valence-corrected chi connectivity index (χ0v) is 14.7. The van der Waals surface area contributed by atoms with Gasteiger partial charge in [0.05, 0.1) is 0 Å². The molecule has 2 aromatic carbocycles. The summed E-state index contributed by atoms with van der Waals surface area (Å²) >= 11 is 0. The summed E-state index contributed by atoms with van der Waals surface area (Å²) in [5.41, 5.74) is 1.88. The molecule has 5 nitrogen and oxygen atoms in total. The van der Waals surface area contributed by atoms with Gasteiger partial charge in [0, 0.05) is 29.0 Å². The first-order chi connectivity index (χ1) is 14.1. The van der Waals surface area contributed by atoms with E-state index in [0.717, 1.165) is 18.0 Å². The second-order valence-electron chi connectivity index (χ2n) is 6.31. The van der Waals surface area contributed by atoms with Crippen molar-refractivity contribution in [1.29, 1.82) is 0 Å². The van der Waals surface area contributed by atoms with Gasteiger partial charge in [-0.2, -0.15) is 0 Å². The van der Waals surface area contributed by atoms with Gasteiger partial charge in [-0.15, -0.1) is 10.2 Å². The number of nitrogens with zero attached hydrogens (tertiary/aromatic N) is 4. The van der Waals surface area contributed by atoms with Crippen molar-refractivity contribution in [2.24, 2.45) is 0 Å². The number of hydrogen-bond acceptors (Lipinski definition) is 4. The van der Waals surface area contributed by atoms with Crippen molar-refractivity contribution < 1.29 is 17.6 Å². The lowest BCUT2D eigenvalue weighted by molar-refractivity contribution is 0.496. The zero-order chi connectivity index (χ0) is 20.0. The second kappa shape index (κ2) is 6.59. The minimum Gasteiger partial charge on any atom is -0.443 e. The SMILES string of the molecule is Fc1cc(F)c(-c2ncoc2-c2ccc3nnc(-c4ccccc4)n3c2)cc1F. The van der Waals surface area contributed by atoms with Crippen molar-refractivity contribution in [2.45, 2.75) is 0 Å². The number of fused-ring (bicyclic) bond motifs is 1. The zero-order valence-electron chi connectivity index (χ0n) is 14.7. The molecule has 0 amide bonds. The highest BCUT2D eigenvalue weighted by molar-refractivity contribution is 5.77. The monoisotopic (exact) mass is 392 g/mol. The quantitative estimate of drug-likeness (QED) is 0.399. The predicted octanol–water partition coefficient (Wildman–Crippen LogP) is 5.14. The molecule has 0 spiro atoms. The van der Waals surface area contributed by atoms with E-state index in [1.165, 1.54) is 0 Å². The van der Waals surface area contributed by atoms with Crippen molar-refractivity contribution >= 4 is 5.65 Å². The number of benzene rings is 2. The molecule has 3 aromatic heterocycles. The van der Waals surface area contributed by atoms with E-state index in [-0.39, 0.29) is 17.0 Å². The molecule has 0 unspecified atom stereocenters. The highest BCUT2D eigenvalue weighted by atomic mass is 19.2. The predicted molar refractivity (Wildman–Crippen MR) is 99.2 cm³/mol. The number of halogens is 3. The second-order valence-corrected chi connectivity index (χ2v) is 6.31. The molecule has 3 heterocycles. The van der Waals surface area contributed by atoms with Crippen LogP contribution in [-0.4, -0.2) is 19.6 Å². The topological polar surface area (TPSA) is 56.2 Å². The first kappa shape index (κ1) is 17.2. The van der Waals surface area contributed by atoms with E-state index in [0.29, 0.717) is 23.1 Å². The maximum Gasteiger partial charge on any atom is 0.182 e. The third-order valence-corrected chi connectivity index (χ3v) is 4.53. The van der Waals surface area contributed by atoms with Crippen LogP contribution >= 0.6 is 0 Å². The molecule has 0 bridgehead atoms. The molecule has 0 aliphatic rings. The van der Waals surface area contributed by atoms with Gasteiger partial charge in [0.15, 0.2) is 35.3 Å². The number of hydrogen-bond donors (Lipinski definition) is 0. The molecular formula is C21H11F3N4O. The molecule has 0 saturated carbocycles. The molecule has 0 aliphatic heterocycles. The molecule has 29 heavy (non-hydrogen) atoms. The number of rotatable bonds is 3. The minimum atomic E-state index is -1.27. The molecule has 8 heteroatoms. The van der Waals surface area contributed by atoms with Gasteiger partial charge < -0.3 is 4.42 Å². The summed E-state index contributed by atoms with van der Waals surface area (Å²) in [7, 11) is 0. The van der Waals surface area contributed by atoms with Gasteiger partial charge in [0.1, 0.15) is 11.5 Å². The Kier molecular flexibility index (Phi) is 3.90. The van der Waals surface area contributed by atoms with Crippen LogP contribution in [0.5, 0.6) is 0 Å². The molecule has 0 saturated heterocycles. The smallest absolute Gasteiger partial charge is 0.182 e. The largest absolute Gasteiger partial charge is 0.443 e. The summed E-state index contributed by atoms with van der Waals surface area (Å²) < 4.78 is 48.4. The summed E-state index contributed by atoms with van der Waals surface area (Å²) in [4.78, 5) is 4.01. The number of aromatic nitrogens is 4. The van der Waals surface area contributed by atoms with Crippen molar-refractivity contribution in [2.75, 3.05) is 0 Å². The normalized spacial score (nSPS) is 11.3. The first-order valence-electron chi connectivity index (χ1n) is 8.61. The van der Waals surface area contributed by atoms with E-state index >= 15 is 0 Å². The fourth-order valence-electron chi connectivity index (χ4n) is 3.16. The molecule has 0 radical (unpaired) electrons. The highest BCUT2D eigenvalue weighted by Crippen LogP contribution is 2.34. The maximum absolute atomic E-state index is 14.3. The first-order valence-corrected chi connectivity index (χ1v) is 8.61. The molecule has 5 rings (SSSR count). The van der Waals surface area contributed by atoms with E-state index in [1.807, 2.05) is 30.3 Å². The Hall–Kier alpha value is -3.94. The molecule has 142 valence electrons. The van der Waals surface area contributed by atoms with Crippen LogP contribution in [0.25, 0.3) is 39.6 Å². The lowest BCUT2D eigenvalue weighted by Gasteiger charge is -2.06. The van der Waals surface area contributed by atoms with Crippen molar-refractivity contribution in [1.82, 2.24) is 19.6 Å². The Morgan fingerprint density at radius 2 is 1.59 bits per heavy atom. The van der Waals surface area contributed by atoms with E-state index in [2.05, 4.69) is 15.2 Å². The van der Waals surface area contributed by atoms with Crippen LogP contribution in [0.1, 0.15) is 0 Å². The Morgan fingerprint density at radius 3 is 2.41 bits per heavy atom. The van der Waals surface area contributed by atoms with Gasteiger partial charge in [-0.1, -0.05) is 30.3 Å². The maximum atomic E-state index is 14.3. The average Bonchev–Trinajstić information content (AvgIpc) is 3.38. The molecule has 0 aliphatic carbocycles. The van der Waals surface area contributed by atoms with Crippen LogP contribution in [0, 0.1) is 17.5 Å². The molecule has 0 atom stereocenters. The molecule has 0 N–H and O–H groups in total. The third kappa shape index (κ3) is 2.85. The number of pyridine rings is 1. The fraction of sp³-hybridized carbons (Fsp3) is 0. The van der Waals surface area contributed by atoms with E-state index in [9.17, 15) is 13.2 Å². The Bertz CT molecular complexity index is 1350. The Morgan fingerprint density at radius 1 is 0.793 bits per heavy atom. The third-order valence-electron chi connectivity index (χ3n) is 4.53. The highest BCUT2D eigenvalue weighted by Gasteiger charge is 2.20. The van der Waals surface area contributed by atoms with E-state index < -0.39 is 17.5 Å².